The van der Waals surface area contributed by atoms with Crippen LogP contribution in [0, 0.1) is 11.3 Å². The van der Waals surface area contributed by atoms with Crippen molar-refractivity contribution in [2.24, 2.45) is 11.3 Å². The molecule has 0 aromatic carbocycles. The summed E-state index contributed by atoms with van der Waals surface area (Å²) in [7, 11) is 0. The first-order valence-electron chi connectivity index (χ1n) is 5.95. The summed E-state index contributed by atoms with van der Waals surface area (Å²) in [5.41, 5.74) is -0.940. The maximum absolute atomic E-state index is 12.1. The lowest BCUT2D eigenvalue weighted by Gasteiger charge is -2.34. The Morgan fingerprint density at radius 1 is 1.35 bits per heavy atom. The van der Waals surface area contributed by atoms with Crippen LogP contribution in [0.25, 0.3) is 0 Å². The van der Waals surface area contributed by atoms with E-state index in [2.05, 4.69) is 0 Å². The number of allylic oxidation sites excluding steroid dienone is 1. The highest BCUT2D eigenvalue weighted by Gasteiger charge is 2.47. The van der Waals surface area contributed by atoms with Crippen LogP contribution in [-0.2, 0) is 14.3 Å². The molecule has 0 aromatic rings. The van der Waals surface area contributed by atoms with E-state index in [1.165, 1.54) is 6.08 Å². The molecule has 98 valence electrons. The lowest BCUT2D eigenvalue weighted by Crippen LogP contribution is -2.41. The lowest BCUT2D eigenvalue weighted by molar-refractivity contribution is -0.158. The average Bonchev–Trinajstić information content (AvgIpc) is 2.24. The maximum Gasteiger partial charge on any atom is 0.332 e. The molecule has 1 unspecified atom stereocenters. The highest BCUT2D eigenvalue weighted by molar-refractivity contribution is 5.97. The molecule has 4 heteroatoms. The SMILES string of the molecule is CC=C(C(=O)O)C(CC)(C(=O)OCC)C(C)C. The molecule has 0 saturated carbocycles. The van der Waals surface area contributed by atoms with Crippen molar-refractivity contribution in [2.75, 3.05) is 6.61 Å². The summed E-state index contributed by atoms with van der Waals surface area (Å²) >= 11 is 0. The molecule has 0 aliphatic heterocycles. The van der Waals surface area contributed by atoms with E-state index in [0.717, 1.165) is 0 Å². The molecular weight excluding hydrogens is 220 g/mol. The largest absolute Gasteiger partial charge is 0.478 e. The molecule has 0 saturated heterocycles. The van der Waals surface area contributed by atoms with Gasteiger partial charge in [0.25, 0.3) is 0 Å². The highest BCUT2D eigenvalue weighted by Crippen LogP contribution is 2.40. The Bertz CT molecular complexity index is 317. The molecule has 0 aliphatic rings. The van der Waals surface area contributed by atoms with Crippen molar-refractivity contribution in [3.05, 3.63) is 11.6 Å². The van der Waals surface area contributed by atoms with E-state index in [1.807, 2.05) is 20.8 Å². The minimum Gasteiger partial charge on any atom is -0.478 e. The Balaban J connectivity index is 5.67. The van der Waals surface area contributed by atoms with Gasteiger partial charge < -0.3 is 9.84 Å². The Morgan fingerprint density at radius 2 is 1.88 bits per heavy atom. The van der Waals surface area contributed by atoms with Gasteiger partial charge in [0.15, 0.2) is 0 Å². The number of hydrogen-bond donors (Lipinski definition) is 1. The third-order valence-corrected chi connectivity index (χ3v) is 3.18. The van der Waals surface area contributed by atoms with Gasteiger partial charge in [-0.3, -0.25) is 4.79 Å². The molecule has 0 rings (SSSR count). The van der Waals surface area contributed by atoms with Crippen LogP contribution in [0.15, 0.2) is 11.6 Å². The molecule has 17 heavy (non-hydrogen) atoms. The first-order chi connectivity index (χ1) is 7.88. The number of rotatable bonds is 6. The van der Waals surface area contributed by atoms with Gasteiger partial charge >= 0.3 is 11.9 Å². The number of ether oxygens (including phenoxy) is 1. The molecule has 0 aromatic heterocycles. The van der Waals surface area contributed by atoms with Crippen LogP contribution < -0.4 is 0 Å². The van der Waals surface area contributed by atoms with Gasteiger partial charge in [0.05, 0.1) is 12.2 Å². The molecule has 0 amide bonds. The molecule has 0 heterocycles. The van der Waals surface area contributed by atoms with Crippen LogP contribution in [0.4, 0.5) is 0 Å². The molecule has 0 fully saturated rings. The minimum atomic E-state index is -1.06. The summed E-state index contributed by atoms with van der Waals surface area (Å²) < 4.78 is 5.05. The Hall–Kier alpha value is -1.32. The molecule has 0 aliphatic carbocycles. The summed E-state index contributed by atoms with van der Waals surface area (Å²) in [4.78, 5) is 23.4. The third kappa shape index (κ3) is 2.87. The number of esters is 1. The van der Waals surface area contributed by atoms with Crippen LogP contribution in [0.1, 0.15) is 41.0 Å². The molecule has 1 N–H and O–H groups in total. The van der Waals surface area contributed by atoms with Crippen molar-refractivity contribution >= 4 is 11.9 Å². The highest BCUT2D eigenvalue weighted by atomic mass is 16.5. The fourth-order valence-electron chi connectivity index (χ4n) is 2.23. The molecule has 0 radical (unpaired) electrons. The first-order valence-corrected chi connectivity index (χ1v) is 5.95. The number of carboxylic acid groups (broad SMARTS) is 1. The van der Waals surface area contributed by atoms with Crippen LogP contribution >= 0.6 is 0 Å². The Labute approximate surface area is 103 Å². The van der Waals surface area contributed by atoms with E-state index in [4.69, 9.17) is 4.74 Å². The van der Waals surface area contributed by atoms with E-state index >= 15 is 0 Å². The van der Waals surface area contributed by atoms with Crippen molar-refractivity contribution in [3.8, 4) is 0 Å². The zero-order valence-electron chi connectivity index (χ0n) is 11.2. The van der Waals surface area contributed by atoms with Crippen molar-refractivity contribution in [2.45, 2.75) is 41.0 Å². The molecule has 1 atom stereocenters. The number of carboxylic acids is 1. The summed E-state index contributed by atoms with van der Waals surface area (Å²) in [6.07, 6.45) is 1.90. The van der Waals surface area contributed by atoms with Gasteiger partial charge in [-0.2, -0.15) is 0 Å². The predicted octanol–water partition coefficient (Wildman–Crippen LogP) is 2.63. The summed E-state index contributed by atoms with van der Waals surface area (Å²) in [5, 5.41) is 9.23. The fraction of sp³-hybridized carbons (Fsp3) is 0.692. The molecular formula is C13H22O4. The third-order valence-electron chi connectivity index (χ3n) is 3.18. The Morgan fingerprint density at radius 3 is 2.12 bits per heavy atom. The predicted molar refractivity (Wildman–Crippen MR) is 65.6 cm³/mol. The van der Waals surface area contributed by atoms with E-state index in [1.54, 1.807) is 13.8 Å². The zero-order chi connectivity index (χ0) is 13.6. The molecule has 0 bridgehead atoms. The standard InChI is InChI=1S/C13H22O4/c1-6-10(11(14)15)13(7-2,9(4)5)12(16)17-8-3/h6,9H,7-8H2,1-5H3,(H,14,15). The Kier molecular flexibility index (Phi) is 5.93. The number of aliphatic carboxylic acids is 1. The second-order valence-electron chi connectivity index (χ2n) is 4.21. The van der Waals surface area contributed by atoms with Gasteiger partial charge in [0.1, 0.15) is 5.41 Å². The second-order valence-corrected chi connectivity index (χ2v) is 4.21. The van der Waals surface area contributed by atoms with Gasteiger partial charge in [-0.1, -0.05) is 26.8 Å². The minimum absolute atomic E-state index is 0.119. The van der Waals surface area contributed by atoms with Crippen molar-refractivity contribution in [1.82, 2.24) is 0 Å². The lowest BCUT2D eigenvalue weighted by atomic mass is 9.69. The van der Waals surface area contributed by atoms with Gasteiger partial charge in [0.2, 0.25) is 0 Å². The first kappa shape index (κ1) is 15.7. The van der Waals surface area contributed by atoms with Crippen molar-refractivity contribution < 1.29 is 19.4 Å². The van der Waals surface area contributed by atoms with E-state index in [9.17, 15) is 14.7 Å². The van der Waals surface area contributed by atoms with Gasteiger partial charge in [-0.05, 0) is 26.2 Å². The van der Waals surface area contributed by atoms with E-state index in [0.29, 0.717) is 6.42 Å². The van der Waals surface area contributed by atoms with Crippen LogP contribution in [0.5, 0.6) is 0 Å². The van der Waals surface area contributed by atoms with Crippen molar-refractivity contribution in [3.63, 3.8) is 0 Å². The van der Waals surface area contributed by atoms with E-state index in [-0.39, 0.29) is 18.1 Å². The normalized spacial score (nSPS) is 15.5. The monoisotopic (exact) mass is 242 g/mol. The van der Waals surface area contributed by atoms with Crippen molar-refractivity contribution in [1.29, 1.82) is 0 Å². The second kappa shape index (κ2) is 6.42. The zero-order valence-corrected chi connectivity index (χ0v) is 11.2. The van der Waals surface area contributed by atoms with Gasteiger partial charge in [-0.15, -0.1) is 0 Å². The number of carbonyl (C=O) groups is 2. The van der Waals surface area contributed by atoms with Gasteiger partial charge in [0, 0.05) is 0 Å². The fourth-order valence-corrected chi connectivity index (χ4v) is 2.23. The van der Waals surface area contributed by atoms with Crippen LogP contribution in [-0.4, -0.2) is 23.7 Å². The smallest absolute Gasteiger partial charge is 0.332 e. The topological polar surface area (TPSA) is 63.6 Å². The summed E-state index contributed by atoms with van der Waals surface area (Å²) in [6.45, 7) is 9.09. The number of carbonyl (C=O) groups excluding carboxylic acids is 1. The quantitative estimate of drug-likeness (QED) is 0.574. The van der Waals surface area contributed by atoms with Crippen LogP contribution in [0.3, 0.4) is 0 Å². The number of hydrogen-bond acceptors (Lipinski definition) is 3. The maximum atomic E-state index is 12.1. The summed E-state index contributed by atoms with van der Waals surface area (Å²) in [6, 6.07) is 0. The van der Waals surface area contributed by atoms with Crippen LogP contribution in [0.2, 0.25) is 0 Å². The molecule has 0 spiro atoms. The van der Waals surface area contributed by atoms with E-state index < -0.39 is 17.4 Å². The van der Waals surface area contributed by atoms with Gasteiger partial charge in [-0.25, -0.2) is 4.79 Å². The average molecular weight is 242 g/mol. The summed E-state index contributed by atoms with van der Waals surface area (Å²) in [5.74, 6) is -1.64. The molecule has 4 nitrogen and oxygen atoms in total.